The van der Waals surface area contributed by atoms with Crippen molar-refractivity contribution in [1.82, 2.24) is 9.97 Å². The number of carbonyl (C=O) groups is 2. The minimum absolute atomic E-state index is 0.246. The van der Waals surface area contributed by atoms with E-state index in [1.54, 1.807) is 45.2 Å². The van der Waals surface area contributed by atoms with E-state index in [0.29, 0.717) is 21.4 Å². The van der Waals surface area contributed by atoms with E-state index in [1.165, 1.54) is 0 Å². The number of carbonyl (C=O) groups excluding carboxylic acids is 2. The largest absolute Gasteiger partial charge is 0.444 e. The molecule has 0 saturated heterocycles. The van der Waals surface area contributed by atoms with Gasteiger partial charge in [0, 0.05) is 11.8 Å². The molecule has 7 heteroatoms. The second-order valence-corrected chi connectivity index (χ2v) is 7.73. The molecule has 0 spiro atoms. The number of thiazole rings is 1. The fraction of sp³-hybridized carbons (Fsp3) is 0.200. The van der Waals surface area contributed by atoms with Gasteiger partial charge in [-0.1, -0.05) is 47.7 Å². The molecule has 0 fully saturated rings. The van der Waals surface area contributed by atoms with E-state index in [2.05, 4.69) is 15.3 Å². The Morgan fingerprint density at radius 3 is 2.37 bits per heavy atom. The Kier molecular flexibility index (Phi) is 5.32. The third kappa shape index (κ3) is 4.77. The molecule has 3 rings (SSSR count). The van der Waals surface area contributed by atoms with E-state index in [-0.39, 0.29) is 5.78 Å². The maximum Gasteiger partial charge on any atom is 0.413 e. The SMILES string of the molecule is CC(C)(C)OC(=O)Nc1nc(-c2ccccc2)c(C(=O)c2ccccn2)s1. The lowest BCUT2D eigenvalue weighted by atomic mass is 10.1. The summed E-state index contributed by atoms with van der Waals surface area (Å²) in [4.78, 5) is 34.0. The number of ketones is 1. The molecular weight excluding hydrogens is 362 g/mol. The van der Waals surface area contributed by atoms with Crippen LogP contribution in [-0.4, -0.2) is 27.4 Å². The number of ether oxygens (including phenoxy) is 1. The predicted molar refractivity (Wildman–Crippen MR) is 105 cm³/mol. The molecule has 138 valence electrons. The minimum atomic E-state index is -0.629. The molecule has 1 amide bonds. The summed E-state index contributed by atoms with van der Waals surface area (Å²) in [7, 11) is 0. The summed E-state index contributed by atoms with van der Waals surface area (Å²) in [5.41, 5.74) is 0.977. The minimum Gasteiger partial charge on any atom is -0.444 e. The summed E-state index contributed by atoms with van der Waals surface area (Å²) in [5, 5.41) is 2.90. The average molecular weight is 381 g/mol. The second-order valence-electron chi connectivity index (χ2n) is 6.73. The number of amides is 1. The molecule has 1 aromatic carbocycles. The number of pyridine rings is 1. The number of rotatable bonds is 4. The maximum absolute atomic E-state index is 12.9. The van der Waals surface area contributed by atoms with E-state index in [4.69, 9.17) is 4.74 Å². The van der Waals surface area contributed by atoms with Crippen LogP contribution in [0.5, 0.6) is 0 Å². The van der Waals surface area contributed by atoms with Crippen LogP contribution in [0.2, 0.25) is 0 Å². The van der Waals surface area contributed by atoms with Crippen molar-refractivity contribution in [2.24, 2.45) is 0 Å². The monoisotopic (exact) mass is 381 g/mol. The van der Waals surface area contributed by atoms with Crippen molar-refractivity contribution in [3.05, 3.63) is 65.3 Å². The topological polar surface area (TPSA) is 81.2 Å². The van der Waals surface area contributed by atoms with E-state index in [0.717, 1.165) is 16.9 Å². The van der Waals surface area contributed by atoms with Crippen molar-refractivity contribution in [1.29, 1.82) is 0 Å². The highest BCUT2D eigenvalue weighted by molar-refractivity contribution is 7.18. The summed E-state index contributed by atoms with van der Waals surface area (Å²) >= 11 is 1.10. The summed E-state index contributed by atoms with van der Waals surface area (Å²) in [6.45, 7) is 5.33. The first kappa shape index (κ1) is 18.7. The average Bonchev–Trinajstić information content (AvgIpc) is 3.04. The molecule has 0 aliphatic heterocycles. The third-order valence-electron chi connectivity index (χ3n) is 3.39. The number of benzene rings is 1. The Morgan fingerprint density at radius 2 is 1.74 bits per heavy atom. The van der Waals surface area contributed by atoms with Crippen LogP contribution >= 0.6 is 11.3 Å². The quantitative estimate of drug-likeness (QED) is 0.658. The van der Waals surface area contributed by atoms with Gasteiger partial charge in [0.2, 0.25) is 5.78 Å². The van der Waals surface area contributed by atoms with Gasteiger partial charge >= 0.3 is 6.09 Å². The standard InChI is InChI=1S/C20H19N3O3S/c1-20(2,3)26-19(25)23-18-22-15(13-9-5-4-6-10-13)17(27-18)16(24)14-11-7-8-12-21-14/h4-12H,1-3H3,(H,22,23,25). The highest BCUT2D eigenvalue weighted by Crippen LogP contribution is 2.33. The number of nitrogens with one attached hydrogen (secondary N) is 1. The zero-order valence-corrected chi connectivity index (χ0v) is 16.0. The lowest BCUT2D eigenvalue weighted by Crippen LogP contribution is -2.27. The fourth-order valence-corrected chi connectivity index (χ4v) is 3.25. The van der Waals surface area contributed by atoms with E-state index >= 15 is 0 Å². The second kappa shape index (κ2) is 7.67. The van der Waals surface area contributed by atoms with Crippen LogP contribution in [0.3, 0.4) is 0 Å². The summed E-state index contributed by atoms with van der Waals surface area (Å²) in [5.74, 6) is -0.246. The van der Waals surface area contributed by atoms with Gasteiger partial charge < -0.3 is 4.74 Å². The predicted octanol–water partition coefficient (Wildman–Crippen LogP) is 4.78. The Balaban J connectivity index is 1.97. The number of hydrogen-bond acceptors (Lipinski definition) is 6. The highest BCUT2D eigenvalue weighted by Gasteiger charge is 2.23. The van der Waals surface area contributed by atoms with Crippen molar-refractivity contribution in [3.63, 3.8) is 0 Å². The Morgan fingerprint density at radius 1 is 1.04 bits per heavy atom. The zero-order chi connectivity index (χ0) is 19.4. The number of hydrogen-bond donors (Lipinski definition) is 1. The first-order chi connectivity index (χ1) is 12.8. The van der Waals surface area contributed by atoms with Crippen LogP contribution in [0.4, 0.5) is 9.93 Å². The molecule has 27 heavy (non-hydrogen) atoms. The van der Waals surface area contributed by atoms with Crippen LogP contribution in [0.25, 0.3) is 11.3 Å². The number of nitrogens with zero attached hydrogens (tertiary/aromatic N) is 2. The van der Waals surface area contributed by atoms with Gasteiger partial charge in [-0.25, -0.2) is 9.78 Å². The van der Waals surface area contributed by atoms with Crippen molar-refractivity contribution in [2.75, 3.05) is 5.32 Å². The molecule has 0 atom stereocenters. The highest BCUT2D eigenvalue weighted by atomic mass is 32.1. The van der Waals surface area contributed by atoms with Crippen molar-refractivity contribution >= 4 is 28.3 Å². The maximum atomic E-state index is 12.9. The molecule has 0 unspecified atom stereocenters. The first-order valence-corrected chi connectivity index (χ1v) is 9.17. The van der Waals surface area contributed by atoms with Crippen LogP contribution in [0, 0.1) is 0 Å². The number of anilines is 1. The van der Waals surface area contributed by atoms with Gasteiger partial charge in [0.1, 0.15) is 16.2 Å². The fourth-order valence-electron chi connectivity index (χ4n) is 2.32. The third-order valence-corrected chi connectivity index (χ3v) is 4.36. The first-order valence-electron chi connectivity index (χ1n) is 8.35. The van der Waals surface area contributed by atoms with Gasteiger partial charge in [-0.2, -0.15) is 0 Å². The van der Waals surface area contributed by atoms with Crippen molar-refractivity contribution < 1.29 is 14.3 Å². The molecule has 0 aliphatic rings. The Labute approximate surface area is 161 Å². The normalized spacial score (nSPS) is 11.1. The summed E-state index contributed by atoms with van der Waals surface area (Å²) < 4.78 is 5.26. The molecule has 0 radical (unpaired) electrons. The zero-order valence-electron chi connectivity index (χ0n) is 15.2. The van der Waals surface area contributed by atoms with Gasteiger partial charge in [0.05, 0.1) is 5.69 Å². The van der Waals surface area contributed by atoms with Crippen LogP contribution in [-0.2, 0) is 4.74 Å². The van der Waals surface area contributed by atoms with Gasteiger partial charge in [-0.05, 0) is 32.9 Å². The number of aromatic nitrogens is 2. The van der Waals surface area contributed by atoms with Crippen LogP contribution < -0.4 is 5.32 Å². The van der Waals surface area contributed by atoms with E-state index in [9.17, 15) is 9.59 Å². The molecular formula is C20H19N3O3S. The van der Waals surface area contributed by atoms with Gasteiger partial charge in [0.15, 0.2) is 5.13 Å². The molecule has 0 aliphatic carbocycles. The molecule has 0 saturated carbocycles. The van der Waals surface area contributed by atoms with Gasteiger partial charge in [0.25, 0.3) is 0 Å². The molecule has 1 N–H and O–H groups in total. The smallest absolute Gasteiger partial charge is 0.413 e. The van der Waals surface area contributed by atoms with Gasteiger partial charge in [-0.3, -0.25) is 15.1 Å². The molecule has 6 nitrogen and oxygen atoms in total. The lowest BCUT2D eigenvalue weighted by molar-refractivity contribution is 0.0635. The summed E-state index contributed by atoms with van der Waals surface area (Å²) in [6, 6.07) is 14.5. The molecule has 2 aromatic heterocycles. The van der Waals surface area contributed by atoms with Crippen molar-refractivity contribution in [3.8, 4) is 11.3 Å². The molecule has 3 aromatic rings. The van der Waals surface area contributed by atoms with E-state index < -0.39 is 11.7 Å². The van der Waals surface area contributed by atoms with E-state index in [1.807, 2.05) is 30.3 Å². The van der Waals surface area contributed by atoms with Crippen LogP contribution in [0.15, 0.2) is 54.7 Å². The lowest BCUT2D eigenvalue weighted by Gasteiger charge is -2.18. The molecule has 2 heterocycles. The van der Waals surface area contributed by atoms with Crippen molar-refractivity contribution in [2.45, 2.75) is 26.4 Å². The molecule has 0 bridgehead atoms. The van der Waals surface area contributed by atoms with Gasteiger partial charge in [-0.15, -0.1) is 0 Å². The summed E-state index contributed by atoms with van der Waals surface area (Å²) in [6.07, 6.45) is 0.948. The Bertz CT molecular complexity index is 948. The Hall–Kier alpha value is -3.06. The van der Waals surface area contributed by atoms with Crippen LogP contribution in [0.1, 0.15) is 36.1 Å².